The zero-order valence-corrected chi connectivity index (χ0v) is 21.3. The summed E-state index contributed by atoms with van der Waals surface area (Å²) in [5.74, 6) is 1.27. The lowest BCUT2D eigenvalue weighted by atomic mass is 9.86. The Bertz CT molecular complexity index is 576. The first-order chi connectivity index (χ1) is 13.4. The van der Waals surface area contributed by atoms with E-state index >= 15 is 0 Å². The predicted octanol–water partition coefficient (Wildman–Crippen LogP) is 1.38. The first kappa shape index (κ1) is 26.9. The third kappa shape index (κ3) is 11.1. The Morgan fingerprint density at radius 2 is 1.90 bits per heavy atom. The molecule has 10 heteroatoms. The van der Waals surface area contributed by atoms with E-state index < -0.39 is 10.0 Å². The largest absolute Gasteiger partial charge is 0.377 e. The van der Waals surface area contributed by atoms with Crippen molar-refractivity contribution in [2.45, 2.75) is 58.1 Å². The standard InChI is InChI=1S/C19H39N5O3S.HI/c1-16(2)27-13-12-24-10-7-18(8-11-24)23-19(20-3)21-9-14-28(25,26)22-15-17-5-4-6-17;/h16-18,22H,4-15H2,1-3H3,(H2,20,21,23);1H. The lowest BCUT2D eigenvalue weighted by Crippen LogP contribution is -2.50. The van der Waals surface area contributed by atoms with E-state index in [1.807, 2.05) is 0 Å². The van der Waals surface area contributed by atoms with Crippen molar-refractivity contribution in [1.82, 2.24) is 20.3 Å². The van der Waals surface area contributed by atoms with Gasteiger partial charge >= 0.3 is 0 Å². The molecule has 0 atom stereocenters. The Labute approximate surface area is 194 Å². The van der Waals surface area contributed by atoms with Crippen molar-refractivity contribution in [3.63, 3.8) is 0 Å². The summed E-state index contributed by atoms with van der Waals surface area (Å²) in [6.45, 7) is 8.88. The van der Waals surface area contributed by atoms with Crippen molar-refractivity contribution in [2.24, 2.45) is 10.9 Å². The van der Waals surface area contributed by atoms with Gasteiger partial charge in [-0.15, -0.1) is 24.0 Å². The highest BCUT2D eigenvalue weighted by atomic mass is 127. The minimum absolute atomic E-state index is 0. The van der Waals surface area contributed by atoms with Gasteiger partial charge in [-0.25, -0.2) is 13.1 Å². The second-order valence-electron chi connectivity index (χ2n) is 8.14. The SMILES string of the molecule is CN=C(NCCS(=O)(=O)NCC1CCC1)NC1CCN(CCOC(C)C)CC1.I. The number of hydrogen-bond acceptors (Lipinski definition) is 5. The molecule has 29 heavy (non-hydrogen) atoms. The van der Waals surface area contributed by atoms with Gasteiger partial charge in [-0.1, -0.05) is 6.42 Å². The van der Waals surface area contributed by atoms with E-state index in [0.717, 1.165) is 51.9 Å². The Balaban J connectivity index is 0.00000420. The number of halogens is 1. The van der Waals surface area contributed by atoms with Gasteiger partial charge in [-0.05, 0) is 45.4 Å². The molecule has 172 valence electrons. The fourth-order valence-electron chi connectivity index (χ4n) is 3.42. The van der Waals surface area contributed by atoms with Crippen molar-refractivity contribution in [1.29, 1.82) is 0 Å². The summed E-state index contributed by atoms with van der Waals surface area (Å²) in [6.07, 6.45) is 5.88. The van der Waals surface area contributed by atoms with Crippen molar-refractivity contribution in [3.05, 3.63) is 0 Å². The quantitative estimate of drug-likeness (QED) is 0.206. The van der Waals surface area contributed by atoms with Crippen molar-refractivity contribution in [3.8, 4) is 0 Å². The molecule has 2 rings (SSSR count). The molecular weight excluding hydrogens is 505 g/mol. The highest BCUT2D eigenvalue weighted by Gasteiger charge is 2.21. The normalized spacial score (nSPS) is 19.7. The molecular formula is C19H40IN5O3S. The molecule has 2 aliphatic rings. The zero-order chi connectivity index (χ0) is 20.4. The number of likely N-dealkylation sites (tertiary alicyclic amines) is 1. The Morgan fingerprint density at radius 3 is 2.45 bits per heavy atom. The molecule has 3 N–H and O–H groups in total. The van der Waals surface area contributed by atoms with Crippen LogP contribution in [0.5, 0.6) is 0 Å². The van der Waals surface area contributed by atoms with Crippen LogP contribution in [0.15, 0.2) is 4.99 Å². The molecule has 0 aromatic carbocycles. The number of sulfonamides is 1. The first-order valence-electron chi connectivity index (χ1n) is 10.7. The molecule has 1 saturated carbocycles. The van der Waals surface area contributed by atoms with Crippen LogP contribution in [0.25, 0.3) is 0 Å². The number of nitrogens with zero attached hydrogens (tertiary/aromatic N) is 2. The van der Waals surface area contributed by atoms with E-state index in [4.69, 9.17) is 4.74 Å². The molecule has 2 fully saturated rings. The molecule has 1 heterocycles. The van der Waals surface area contributed by atoms with Gasteiger partial charge in [-0.2, -0.15) is 0 Å². The smallest absolute Gasteiger partial charge is 0.213 e. The van der Waals surface area contributed by atoms with E-state index in [2.05, 4.69) is 39.1 Å². The summed E-state index contributed by atoms with van der Waals surface area (Å²) in [5, 5.41) is 6.55. The summed E-state index contributed by atoms with van der Waals surface area (Å²) in [5.41, 5.74) is 0. The molecule has 0 aromatic heterocycles. The molecule has 0 spiro atoms. The number of rotatable bonds is 11. The number of aliphatic imine (C=N–C) groups is 1. The number of ether oxygens (including phenoxy) is 1. The number of nitrogens with one attached hydrogen (secondary N) is 3. The van der Waals surface area contributed by atoms with Crippen LogP contribution in [-0.4, -0.2) is 83.6 Å². The van der Waals surface area contributed by atoms with Crippen LogP contribution in [-0.2, 0) is 14.8 Å². The van der Waals surface area contributed by atoms with Crippen LogP contribution in [0, 0.1) is 5.92 Å². The van der Waals surface area contributed by atoms with Gasteiger partial charge < -0.3 is 20.3 Å². The second kappa shape index (κ2) is 14.0. The average Bonchev–Trinajstić information content (AvgIpc) is 2.60. The summed E-state index contributed by atoms with van der Waals surface area (Å²) in [7, 11) is -1.51. The zero-order valence-electron chi connectivity index (χ0n) is 18.2. The van der Waals surface area contributed by atoms with E-state index in [0.29, 0.717) is 31.0 Å². The molecule has 1 saturated heterocycles. The molecule has 0 amide bonds. The van der Waals surface area contributed by atoms with Gasteiger partial charge in [0.1, 0.15) is 0 Å². The fourth-order valence-corrected chi connectivity index (χ4v) is 4.43. The van der Waals surface area contributed by atoms with Crippen molar-refractivity contribution in [2.75, 3.05) is 52.1 Å². The maximum Gasteiger partial charge on any atom is 0.213 e. The summed E-state index contributed by atoms with van der Waals surface area (Å²) < 4.78 is 32.5. The lowest BCUT2D eigenvalue weighted by Gasteiger charge is -2.33. The molecule has 0 aromatic rings. The van der Waals surface area contributed by atoms with E-state index in [1.54, 1.807) is 7.05 Å². The van der Waals surface area contributed by atoms with Gasteiger partial charge in [0.25, 0.3) is 0 Å². The third-order valence-corrected chi connectivity index (χ3v) is 6.84. The number of piperidine rings is 1. The molecule has 0 radical (unpaired) electrons. The van der Waals surface area contributed by atoms with Gasteiger partial charge in [0.05, 0.1) is 18.5 Å². The minimum atomic E-state index is -3.23. The molecule has 8 nitrogen and oxygen atoms in total. The fraction of sp³-hybridized carbons (Fsp3) is 0.947. The Kier molecular flexibility index (Phi) is 13.0. The highest BCUT2D eigenvalue weighted by molar-refractivity contribution is 14.0. The van der Waals surface area contributed by atoms with E-state index in [9.17, 15) is 8.42 Å². The molecule has 0 unspecified atom stereocenters. The second-order valence-corrected chi connectivity index (χ2v) is 10.1. The van der Waals surface area contributed by atoms with Gasteiger partial charge in [0.2, 0.25) is 10.0 Å². The van der Waals surface area contributed by atoms with E-state index in [1.165, 1.54) is 6.42 Å². The van der Waals surface area contributed by atoms with Gasteiger partial charge in [0, 0.05) is 45.8 Å². The van der Waals surface area contributed by atoms with Crippen molar-refractivity contribution >= 4 is 40.0 Å². The lowest BCUT2D eigenvalue weighted by molar-refractivity contribution is 0.0532. The summed E-state index contributed by atoms with van der Waals surface area (Å²) in [4.78, 5) is 6.66. The van der Waals surface area contributed by atoms with Crippen LogP contribution in [0.4, 0.5) is 0 Å². The van der Waals surface area contributed by atoms with E-state index in [-0.39, 0.29) is 35.8 Å². The van der Waals surface area contributed by atoms with Crippen LogP contribution < -0.4 is 15.4 Å². The highest BCUT2D eigenvalue weighted by Crippen LogP contribution is 2.25. The first-order valence-corrected chi connectivity index (χ1v) is 12.3. The van der Waals surface area contributed by atoms with Gasteiger partial charge in [-0.3, -0.25) is 4.99 Å². The van der Waals surface area contributed by atoms with Crippen molar-refractivity contribution < 1.29 is 13.2 Å². The monoisotopic (exact) mass is 545 g/mol. The molecule has 1 aliphatic carbocycles. The predicted molar refractivity (Wildman–Crippen MR) is 130 cm³/mol. The Hall–Kier alpha value is -0.170. The maximum absolute atomic E-state index is 12.1. The number of guanidine groups is 1. The minimum Gasteiger partial charge on any atom is -0.377 e. The van der Waals surface area contributed by atoms with Crippen LogP contribution in [0.3, 0.4) is 0 Å². The number of hydrogen-bond donors (Lipinski definition) is 3. The van der Waals surface area contributed by atoms with Gasteiger partial charge in [0.15, 0.2) is 5.96 Å². The third-order valence-electron chi connectivity index (χ3n) is 5.49. The van der Waals surface area contributed by atoms with Crippen LogP contribution in [0.1, 0.15) is 46.0 Å². The van der Waals surface area contributed by atoms with Crippen LogP contribution >= 0.6 is 24.0 Å². The topological polar surface area (TPSA) is 95.1 Å². The summed E-state index contributed by atoms with van der Waals surface area (Å²) >= 11 is 0. The molecule has 1 aliphatic heterocycles. The van der Waals surface area contributed by atoms with Crippen LogP contribution in [0.2, 0.25) is 0 Å². The summed E-state index contributed by atoms with van der Waals surface area (Å²) in [6, 6.07) is 0.363. The average molecular weight is 546 g/mol. The Morgan fingerprint density at radius 1 is 1.21 bits per heavy atom. The molecule has 0 bridgehead atoms. The maximum atomic E-state index is 12.1.